The molecule has 4 heteroatoms. The van der Waals surface area contributed by atoms with Gasteiger partial charge < -0.3 is 16.0 Å². The van der Waals surface area contributed by atoms with E-state index in [1.807, 2.05) is 13.8 Å². The lowest BCUT2D eigenvalue weighted by atomic mass is 9.99. The topological polar surface area (TPSA) is 58.4 Å². The molecule has 0 spiro atoms. The third-order valence-corrected chi connectivity index (χ3v) is 3.62. The molecule has 1 unspecified atom stereocenters. The Kier molecular flexibility index (Phi) is 4.74. The van der Waals surface area contributed by atoms with Crippen molar-refractivity contribution in [2.24, 2.45) is 5.73 Å². The highest BCUT2D eigenvalue weighted by molar-refractivity contribution is 5.84. The molecule has 1 aliphatic rings. The molecule has 4 nitrogen and oxygen atoms in total. The summed E-state index contributed by atoms with van der Waals surface area (Å²) in [6.07, 6.45) is 5.11. The average molecular weight is 227 g/mol. The quantitative estimate of drug-likeness (QED) is 0.703. The number of likely N-dealkylation sites (N-methyl/N-ethyl adjacent to an activating group) is 2. The molecule has 94 valence electrons. The maximum Gasteiger partial charge on any atom is 0.238 e. The summed E-state index contributed by atoms with van der Waals surface area (Å²) in [7, 11) is 2.09. The molecule has 0 heterocycles. The highest BCUT2D eigenvalue weighted by Gasteiger charge is 2.33. The summed E-state index contributed by atoms with van der Waals surface area (Å²) in [5, 5.41) is 3.20. The van der Waals surface area contributed by atoms with E-state index in [1.165, 1.54) is 25.7 Å². The number of hydrogen-bond donors (Lipinski definition) is 2. The van der Waals surface area contributed by atoms with Gasteiger partial charge >= 0.3 is 0 Å². The summed E-state index contributed by atoms with van der Waals surface area (Å²) >= 11 is 0. The van der Waals surface area contributed by atoms with Gasteiger partial charge in [-0.15, -0.1) is 0 Å². The van der Waals surface area contributed by atoms with Crippen molar-refractivity contribution < 1.29 is 4.79 Å². The lowest BCUT2D eigenvalue weighted by Gasteiger charge is -2.34. The van der Waals surface area contributed by atoms with E-state index in [-0.39, 0.29) is 5.91 Å². The van der Waals surface area contributed by atoms with Crippen molar-refractivity contribution in [3.8, 4) is 0 Å². The van der Waals surface area contributed by atoms with Gasteiger partial charge in [0.05, 0.1) is 0 Å². The van der Waals surface area contributed by atoms with Crippen LogP contribution >= 0.6 is 0 Å². The van der Waals surface area contributed by atoms with Gasteiger partial charge in [-0.2, -0.15) is 0 Å². The van der Waals surface area contributed by atoms with Crippen LogP contribution in [-0.2, 0) is 4.79 Å². The molecule has 0 aliphatic heterocycles. The second kappa shape index (κ2) is 5.64. The molecule has 16 heavy (non-hydrogen) atoms. The predicted octanol–water partition coefficient (Wildman–Crippen LogP) is 0.714. The third kappa shape index (κ3) is 3.19. The molecule has 0 aromatic carbocycles. The van der Waals surface area contributed by atoms with E-state index in [0.717, 1.165) is 6.54 Å². The van der Waals surface area contributed by atoms with Crippen molar-refractivity contribution in [3.63, 3.8) is 0 Å². The smallest absolute Gasteiger partial charge is 0.238 e. The molecule has 0 bridgehead atoms. The number of hydrogen-bond acceptors (Lipinski definition) is 3. The minimum Gasteiger partial charge on any atom is -0.368 e. The van der Waals surface area contributed by atoms with E-state index in [1.54, 1.807) is 0 Å². The van der Waals surface area contributed by atoms with Gasteiger partial charge in [-0.25, -0.2) is 0 Å². The van der Waals surface area contributed by atoms with Crippen molar-refractivity contribution in [1.29, 1.82) is 0 Å². The number of amides is 1. The van der Waals surface area contributed by atoms with Crippen molar-refractivity contribution in [2.75, 3.05) is 20.1 Å². The van der Waals surface area contributed by atoms with E-state index < -0.39 is 5.54 Å². The number of carbonyl (C=O) groups excluding carboxylic acids is 1. The Labute approximate surface area is 98.6 Å². The maximum absolute atomic E-state index is 11.5. The normalized spacial score (nSPS) is 21.2. The van der Waals surface area contributed by atoms with E-state index in [0.29, 0.717) is 12.6 Å². The SMILES string of the molecule is CCNC(C)(CN(C)C1CCCC1)C(N)=O. The molecule has 1 rings (SSSR count). The van der Waals surface area contributed by atoms with Crippen LogP contribution in [0.5, 0.6) is 0 Å². The molecule has 1 fully saturated rings. The van der Waals surface area contributed by atoms with Gasteiger partial charge in [-0.3, -0.25) is 4.79 Å². The minimum absolute atomic E-state index is 0.265. The standard InChI is InChI=1S/C12H25N3O/c1-4-14-12(2,11(13)16)9-15(3)10-7-5-6-8-10/h10,14H,4-9H2,1-3H3,(H2,13,16). The van der Waals surface area contributed by atoms with Crippen molar-refractivity contribution in [1.82, 2.24) is 10.2 Å². The lowest BCUT2D eigenvalue weighted by Crippen LogP contribution is -2.60. The zero-order valence-corrected chi connectivity index (χ0v) is 10.8. The second-order valence-electron chi connectivity index (χ2n) is 5.08. The first kappa shape index (κ1) is 13.5. The highest BCUT2D eigenvalue weighted by Crippen LogP contribution is 2.23. The van der Waals surface area contributed by atoms with Crippen LogP contribution in [0.3, 0.4) is 0 Å². The van der Waals surface area contributed by atoms with Crippen LogP contribution in [0.2, 0.25) is 0 Å². The van der Waals surface area contributed by atoms with Gasteiger partial charge in [-0.05, 0) is 33.4 Å². The molecular formula is C12H25N3O. The third-order valence-electron chi connectivity index (χ3n) is 3.62. The number of carbonyl (C=O) groups is 1. The highest BCUT2D eigenvalue weighted by atomic mass is 16.1. The maximum atomic E-state index is 11.5. The van der Waals surface area contributed by atoms with Crippen LogP contribution in [0, 0.1) is 0 Å². The Morgan fingerprint density at radius 1 is 1.50 bits per heavy atom. The summed E-state index contributed by atoms with van der Waals surface area (Å²) in [6.45, 7) is 5.35. The first-order valence-electron chi connectivity index (χ1n) is 6.25. The summed E-state index contributed by atoms with van der Waals surface area (Å²) in [6, 6.07) is 0.623. The Bertz CT molecular complexity index is 238. The van der Waals surface area contributed by atoms with Crippen molar-refractivity contribution >= 4 is 5.91 Å². The molecule has 0 aromatic heterocycles. The molecule has 1 aliphatic carbocycles. The molecule has 1 atom stereocenters. The molecule has 0 saturated heterocycles. The number of nitrogens with two attached hydrogens (primary N) is 1. The monoisotopic (exact) mass is 227 g/mol. The van der Waals surface area contributed by atoms with Crippen LogP contribution in [0.4, 0.5) is 0 Å². The van der Waals surface area contributed by atoms with Crippen LogP contribution in [0.25, 0.3) is 0 Å². The van der Waals surface area contributed by atoms with Gasteiger partial charge in [0.15, 0.2) is 0 Å². The fourth-order valence-corrected chi connectivity index (χ4v) is 2.58. The largest absolute Gasteiger partial charge is 0.368 e. The van der Waals surface area contributed by atoms with E-state index in [9.17, 15) is 4.79 Å². The summed E-state index contributed by atoms with van der Waals surface area (Å²) in [5.74, 6) is -0.265. The van der Waals surface area contributed by atoms with Crippen molar-refractivity contribution in [3.05, 3.63) is 0 Å². The molecule has 3 N–H and O–H groups in total. The van der Waals surface area contributed by atoms with Crippen LogP contribution in [0.1, 0.15) is 39.5 Å². The minimum atomic E-state index is -0.605. The molecule has 0 aromatic rings. The van der Waals surface area contributed by atoms with Crippen LogP contribution < -0.4 is 11.1 Å². The van der Waals surface area contributed by atoms with Crippen LogP contribution in [-0.4, -0.2) is 42.5 Å². The first-order chi connectivity index (χ1) is 7.49. The number of rotatable bonds is 6. The molecule has 1 amide bonds. The van der Waals surface area contributed by atoms with Gasteiger partial charge in [0.1, 0.15) is 5.54 Å². The first-order valence-corrected chi connectivity index (χ1v) is 6.25. The Morgan fingerprint density at radius 2 is 2.06 bits per heavy atom. The number of nitrogens with one attached hydrogen (secondary N) is 1. The predicted molar refractivity (Wildman–Crippen MR) is 66.2 cm³/mol. The lowest BCUT2D eigenvalue weighted by molar-refractivity contribution is -0.124. The Balaban J connectivity index is 2.56. The summed E-state index contributed by atoms with van der Waals surface area (Å²) in [5.41, 5.74) is 4.87. The van der Waals surface area contributed by atoms with Crippen molar-refractivity contribution in [2.45, 2.75) is 51.1 Å². The Morgan fingerprint density at radius 3 is 2.50 bits per heavy atom. The fourth-order valence-electron chi connectivity index (χ4n) is 2.58. The molecule has 1 saturated carbocycles. The summed E-state index contributed by atoms with van der Waals surface area (Å²) < 4.78 is 0. The molecular weight excluding hydrogens is 202 g/mol. The van der Waals surface area contributed by atoms with Gasteiger partial charge in [0, 0.05) is 12.6 Å². The van der Waals surface area contributed by atoms with Crippen LogP contribution in [0.15, 0.2) is 0 Å². The fraction of sp³-hybridized carbons (Fsp3) is 0.917. The second-order valence-corrected chi connectivity index (χ2v) is 5.08. The van der Waals surface area contributed by atoms with Gasteiger partial charge in [0.25, 0.3) is 0 Å². The van der Waals surface area contributed by atoms with Gasteiger partial charge in [-0.1, -0.05) is 19.8 Å². The number of nitrogens with zero attached hydrogens (tertiary/aromatic N) is 1. The summed E-state index contributed by atoms with van der Waals surface area (Å²) in [4.78, 5) is 13.8. The zero-order chi connectivity index (χ0) is 12.2. The van der Waals surface area contributed by atoms with E-state index in [4.69, 9.17) is 5.73 Å². The Hall–Kier alpha value is -0.610. The van der Waals surface area contributed by atoms with E-state index >= 15 is 0 Å². The van der Waals surface area contributed by atoms with E-state index in [2.05, 4.69) is 17.3 Å². The zero-order valence-electron chi connectivity index (χ0n) is 10.8. The average Bonchev–Trinajstić information content (AvgIpc) is 2.70. The van der Waals surface area contributed by atoms with Gasteiger partial charge in [0.2, 0.25) is 5.91 Å². The molecule has 0 radical (unpaired) electrons. The number of primary amides is 1.